The molecule has 0 saturated carbocycles. The van der Waals surface area contributed by atoms with Crippen molar-refractivity contribution >= 4 is 21.8 Å². The zero-order chi connectivity index (χ0) is 23.1. The van der Waals surface area contributed by atoms with Crippen molar-refractivity contribution in [3.05, 3.63) is 59.7 Å². The number of hydrogen-bond donors (Lipinski definition) is 2. The van der Waals surface area contributed by atoms with Gasteiger partial charge in [-0.3, -0.25) is 20.4 Å². The van der Waals surface area contributed by atoms with Crippen molar-refractivity contribution in [2.45, 2.75) is 43.9 Å². The van der Waals surface area contributed by atoms with Crippen molar-refractivity contribution in [3.63, 3.8) is 0 Å². The van der Waals surface area contributed by atoms with Crippen molar-refractivity contribution in [1.29, 1.82) is 0 Å². The topological polar surface area (TPSA) is 105 Å². The normalized spacial score (nSPS) is 15.2. The molecule has 1 atom stereocenters. The third-order valence-corrected chi connectivity index (χ3v) is 7.47. The first-order valence-electron chi connectivity index (χ1n) is 10.7. The van der Waals surface area contributed by atoms with Crippen molar-refractivity contribution in [2.75, 3.05) is 19.7 Å². The summed E-state index contributed by atoms with van der Waals surface area (Å²) < 4.78 is 32.2. The highest BCUT2D eigenvalue weighted by Gasteiger charge is 2.27. The number of carbonyl (C=O) groups excluding carboxylic acids is 2. The van der Waals surface area contributed by atoms with Gasteiger partial charge in [0.1, 0.15) is 5.75 Å². The molecule has 1 fully saturated rings. The van der Waals surface area contributed by atoms with Crippen LogP contribution in [0.15, 0.2) is 53.4 Å². The van der Waals surface area contributed by atoms with Gasteiger partial charge in [-0.25, -0.2) is 8.42 Å². The molecular formula is C23H29N3O5S. The van der Waals surface area contributed by atoms with Gasteiger partial charge in [-0.05, 0) is 61.1 Å². The zero-order valence-corrected chi connectivity index (χ0v) is 19.2. The molecule has 1 saturated heterocycles. The Morgan fingerprint density at radius 1 is 1.03 bits per heavy atom. The second-order valence-electron chi connectivity index (χ2n) is 7.77. The largest absolute Gasteiger partial charge is 0.483 e. The van der Waals surface area contributed by atoms with Gasteiger partial charge in [-0.1, -0.05) is 32.0 Å². The van der Waals surface area contributed by atoms with E-state index in [1.54, 1.807) is 0 Å². The molecule has 0 aromatic heterocycles. The number of carbonyl (C=O) groups is 2. The van der Waals surface area contributed by atoms with E-state index in [-0.39, 0.29) is 17.1 Å². The van der Waals surface area contributed by atoms with Crippen LogP contribution in [0.2, 0.25) is 0 Å². The molecule has 8 nitrogen and oxygen atoms in total. The highest BCUT2D eigenvalue weighted by atomic mass is 32.2. The van der Waals surface area contributed by atoms with Crippen LogP contribution in [0.3, 0.4) is 0 Å². The lowest BCUT2D eigenvalue weighted by atomic mass is 9.98. The van der Waals surface area contributed by atoms with Gasteiger partial charge in [0.25, 0.3) is 11.8 Å². The SMILES string of the molecule is CCC(C)c1ccccc1OCC(=O)NNC(=O)c1ccc(S(=O)(=O)N2CCCC2)cc1. The number of rotatable bonds is 8. The number of nitrogens with one attached hydrogen (secondary N) is 2. The minimum Gasteiger partial charge on any atom is -0.483 e. The van der Waals surface area contributed by atoms with Gasteiger partial charge in [0.2, 0.25) is 10.0 Å². The van der Waals surface area contributed by atoms with Crippen molar-refractivity contribution in [3.8, 4) is 5.75 Å². The fourth-order valence-corrected chi connectivity index (χ4v) is 4.99. The number of amides is 2. The maximum absolute atomic E-state index is 12.6. The van der Waals surface area contributed by atoms with Crippen LogP contribution in [0.25, 0.3) is 0 Å². The summed E-state index contributed by atoms with van der Waals surface area (Å²) in [6.45, 7) is 4.95. The number of ether oxygens (including phenoxy) is 1. The molecular weight excluding hydrogens is 430 g/mol. The highest BCUT2D eigenvalue weighted by Crippen LogP contribution is 2.28. The van der Waals surface area contributed by atoms with E-state index < -0.39 is 21.8 Å². The molecule has 172 valence electrons. The summed E-state index contributed by atoms with van der Waals surface area (Å²) in [5, 5.41) is 0. The Bertz CT molecular complexity index is 1050. The van der Waals surface area contributed by atoms with Crippen molar-refractivity contribution in [1.82, 2.24) is 15.2 Å². The number of benzene rings is 2. The summed E-state index contributed by atoms with van der Waals surface area (Å²) in [4.78, 5) is 24.5. The Balaban J connectivity index is 1.52. The van der Waals surface area contributed by atoms with E-state index in [2.05, 4.69) is 24.7 Å². The lowest BCUT2D eigenvalue weighted by Crippen LogP contribution is -2.43. The number of sulfonamides is 1. The van der Waals surface area contributed by atoms with Crippen LogP contribution >= 0.6 is 0 Å². The quantitative estimate of drug-likeness (QED) is 0.591. The van der Waals surface area contributed by atoms with Crippen LogP contribution < -0.4 is 15.6 Å². The predicted molar refractivity (Wildman–Crippen MR) is 121 cm³/mol. The van der Waals surface area contributed by atoms with Gasteiger partial charge < -0.3 is 4.74 Å². The molecule has 0 spiro atoms. The first kappa shape index (κ1) is 23.7. The summed E-state index contributed by atoms with van der Waals surface area (Å²) in [5.41, 5.74) is 5.89. The standard InChI is InChI=1S/C23H29N3O5S/c1-3-17(2)20-8-4-5-9-21(20)31-16-22(27)24-25-23(28)18-10-12-19(13-11-18)32(29,30)26-14-6-7-15-26/h4-5,8-13,17H,3,6-7,14-16H2,1-2H3,(H,24,27)(H,25,28). The van der Waals surface area contributed by atoms with E-state index in [9.17, 15) is 18.0 Å². The second-order valence-corrected chi connectivity index (χ2v) is 9.71. The maximum Gasteiger partial charge on any atom is 0.276 e. The summed E-state index contributed by atoms with van der Waals surface area (Å²) in [5.74, 6) is -0.127. The second kappa shape index (κ2) is 10.6. The molecule has 0 aliphatic carbocycles. The van der Waals surface area contributed by atoms with Crippen LogP contribution in [-0.2, 0) is 14.8 Å². The van der Waals surface area contributed by atoms with Gasteiger partial charge in [-0.15, -0.1) is 0 Å². The smallest absolute Gasteiger partial charge is 0.276 e. The van der Waals surface area contributed by atoms with Gasteiger partial charge in [-0.2, -0.15) is 4.31 Å². The number of para-hydroxylation sites is 1. The minimum absolute atomic E-state index is 0.147. The highest BCUT2D eigenvalue weighted by molar-refractivity contribution is 7.89. The van der Waals surface area contributed by atoms with Crippen LogP contribution in [0, 0.1) is 0 Å². The van der Waals surface area contributed by atoms with Crippen molar-refractivity contribution < 1.29 is 22.7 Å². The monoisotopic (exact) mass is 459 g/mol. The van der Waals surface area contributed by atoms with E-state index in [1.165, 1.54) is 28.6 Å². The summed E-state index contributed by atoms with van der Waals surface area (Å²) in [6, 6.07) is 13.2. The molecule has 2 aromatic carbocycles. The van der Waals surface area contributed by atoms with Crippen LogP contribution in [0.4, 0.5) is 0 Å². The lowest BCUT2D eigenvalue weighted by molar-refractivity contribution is -0.123. The van der Waals surface area contributed by atoms with E-state index in [1.807, 2.05) is 24.3 Å². The van der Waals surface area contributed by atoms with Gasteiger partial charge >= 0.3 is 0 Å². The fourth-order valence-electron chi connectivity index (χ4n) is 3.47. The van der Waals surface area contributed by atoms with Crippen LogP contribution in [-0.4, -0.2) is 44.2 Å². The van der Waals surface area contributed by atoms with E-state index >= 15 is 0 Å². The third-order valence-electron chi connectivity index (χ3n) is 5.56. The first-order chi connectivity index (χ1) is 15.3. The lowest BCUT2D eigenvalue weighted by Gasteiger charge is -2.16. The molecule has 1 heterocycles. The van der Waals surface area contributed by atoms with Gasteiger partial charge in [0.05, 0.1) is 4.90 Å². The van der Waals surface area contributed by atoms with Crippen molar-refractivity contribution in [2.24, 2.45) is 0 Å². The Hall–Kier alpha value is -2.91. The number of hydrazine groups is 1. The molecule has 1 aliphatic heterocycles. The molecule has 9 heteroatoms. The fraction of sp³-hybridized carbons (Fsp3) is 0.391. The molecule has 2 aromatic rings. The molecule has 2 amide bonds. The van der Waals surface area contributed by atoms with E-state index in [4.69, 9.17) is 4.74 Å². The summed E-state index contributed by atoms with van der Waals surface area (Å²) in [7, 11) is -3.54. The molecule has 32 heavy (non-hydrogen) atoms. The third kappa shape index (κ3) is 5.66. The molecule has 1 aliphatic rings. The van der Waals surface area contributed by atoms with E-state index in [0.717, 1.165) is 24.8 Å². The summed E-state index contributed by atoms with van der Waals surface area (Å²) in [6.07, 6.45) is 2.65. The number of hydrogen-bond acceptors (Lipinski definition) is 5. The molecule has 0 bridgehead atoms. The minimum atomic E-state index is -3.54. The maximum atomic E-state index is 12.6. The average molecular weight is 460 g/mol. The van der Waals surface area contributed by atoms with Crippen LogP contribution in [0.5, 0.6) is 5.75 Å². The predicted octanol–water partition coefficient (Wildman–Crippen LogP) is 2.82. The average Bonchev–Trinajstić information content (AvgIpc) is 3.37. The number of nitrogens with zero attached hydrogens (tertiary/aromatic N) is 1. The Labute approximate surface area is 189 Å². The molecule has 3 rings (SSSR count). The Morgan fingerprint density at radius 2 is 1.69 bits per heavy atom. The Kier molecular flexibility index (Phi) is 7.87. The molecule has 2 N–H and O–H groups in total. The molecule has 1 unspecified atom stereocenters. The zero-order valence-electron chi connectivity index (χ0n) is 18.3. The summed E-state index contributed by atoms with van der Waals surface area (Å²) >= 11 is 0. The molecule has 0 radical (unpaired) electrons. The first-order valence-corrected chi connectivity index (χ1v) is 12.2. The Morgan fingerprint density at radius 3 is 2.34 bits per heavy atom. The van der Waals surface area contributed by atoms with Crippen LogP contribution in [0.1, 0.15) is 54.9 Å². The van der Waals surface area contributed by atoms with Gasteiger partial charge in [0, 0.05) is 18.7 Å². The van der Waals surface area contributed by atoms with E-state index in [0.29, 0.717) is 24.8 Å². The van der Waals surface area contributed by atoms with Gasteiger partial charge in [0.15, 0.2) is 6.61 Å².